The van der Waals surface area contributed by atoms with Crippen LogP contribution in [0.3, 0.4) is 0 Å². The summed E-state index contributed by atoms with van der Waals surface area (Å²) in [6, 6.07) is 13.7. The number of nitrogens with two attached hydrogens (primary N) is 1. The molecule has 4 rings (SSSR count). The van der Waals surface area contributed by atoms with E-state index in [4.69, 9.17) is 5.73 Å². The van der Waals surface area contributed by atoms with E-state index in [0.29, 0.717) is 23.4 Å². The summed E-state index contributed by atoms with van der Waals surface area (Å²) in [6.45, 7) is 1.20. The number of sulfonamides is 1. The van der Waals surface area contributed by atoms with E-state index in [-0.39, 0.29) is 22.7 Å². The lowest BCUT2D eigenvalue weighted by Crippen LogP contribution is -2.39. The fraction of sp³-hybridized carbons (Fsp3) is 0.263. The zero-order valence-corrected chi connectivity index (χ0v) is 15.4. The molecule has 140 valence electrons. The van der Waals surface area contributed by atoms with Crippen LogP contribution in [-0.2, 0) is 10.0 Å². The topological polar surface area (TPSA) is 105 Å². The van der Waals surface area contributed by atoms with Crippen LogP contribution in [0.25, 0.3) is 0 Å². The van der Waals surface area contributed by atoms with Gasteiger partial charge in [0.1, 0.15) is 4.90 Å². The maximum Gasteiger partial charge on any atom is 0.285 e. The molecule has 27 heavy (non-hydrogen) atoms. The van der Waals surface area contributed by atoms with E-state index >= 15 is 0 Å². The Hall–Kier alpha value is -2.71. The number of hydrogen-bond acceptors (Lipinski definition) is 5. The highest BCUT2D eigenvalue weighted by Gasteiger charge is 2.29. The fourth-order valence-electron chi connectivity index (χ4n) is 3.54. The molecular weight excluding hydrogens is 364 g/mol. The van der Waals surface area contributed by atoms with Crippen molar-refractivity contribution in [3.63, 3.8) is 0 Å². The summed E-state index contributed by atoms with van der Waals surface area (Å²) in [5.74, 6) is 0.257. The minimum absolute atomic E-state index is 0.0272. The van der Waals surface area contributed by atoms with E-state index in [9.17, 15) is 13.2 Å². The van der Waals surface area contributed by atoms with Gasteiger partial charge in [0, 0.05) is 35.9 Å². The van der Waals surface area contributed by atoms with Crippen molar-refractivity contribution in [2.75, 3.05) is 18.4 Å². The van der Waals surface area contributed by atoms with Crippen LogP contribution in [0.15, 0.2) is 57.8 Å². The first-order valence-electron chi connectivity index (χ1n) is 8.82. The van der Waals surface area contributed by atoms with Crippen molar-refractivity contribution < 1.29 is 13.2 Å². The molecule has 1 fully saturated rings. The molecule has 2 aliphatic heterocycles. The molecule has 2 aromatic rings. The Labute approximate surface area is 157 Å². The Kier molecular flexibility index (Phi) is 4.45. The SMILES string of the molecule is NCC1CCCN1C(=O)c1ccc(NC2=NS(=O)(=O)c3ccccc32)cc1. The van der Waals surface area contributed by atoms with Gasteiger partial charge >= 0.3 is 0 Å². The molecule has 0 radical (unpaired) electrons. The molecule has 3 N–H and O–H groups in total. The molecule has 1 amide bonds. The third kappa shape index (κ3) is 3.22. The summed E-state index contributed by atoms with van der Waals surface area (Å²) in [5.41, 5.74) is 7.54. The summed E-state index contributed by atoms with van der Waals surface area (Å²) >= 11 is 0. The number of carbonyl (C=O) groups is 1. The van der Waals surface area contributed by atoms with Gasteiger partial charge in [-0.05, 0) is 49.2 Å². The van der Waals surface area contributed by atoms with Crippen LogP contribution in [0.4, 0.5) is 5.69 Å². The minimum atomic E-state index is -3.66. The Morgan fingerprint density at radius 3 is 2.67 bits per heavy atom. The monoisotopic (exact) mass is 384 g/mol. The number of nitrogens with one attached hydrogen (secondary N) is 1. The number of hydrogen-bond donors (Lipinski definition) is 2. The number of likely N-dealkylation sites (tertiary alicyclic amines) is 1. The van der Waals surface area contributed by atoms with E-state index in [1.165, 1.54) is 6.07 Å². The van der Waals surface area contributed by atoms with Crippen molar-refractivity contribution >= 4 is 27.5 Å². The lowest BCUT2D eigenvalue weighted by molar-refractivity contribution is 0.0741. The van der Waals surface area contributed by atoms with Crippen LogP contribution >= 0.6 is 0 Å². The Balaban J connectivity index is 1.53. The van der Waals surface area contributed by atoms with E-state index in [2.05, 4.69) is 9.71 Å². The van der Waals surface area contributed by atoms with Crippen LogP contribution in [-0.4, -0.2) is 44.2 Å². The molecule has 0 saturated carbocycles. The summed E-state index contributed by atoms with van der Waals surface area (Å²) in [7, 11) is -3.66. The number of fused-ring (bicyclic) bond motifs is 1. The van der Waals surface area contributed by atoms with Gasteiger partial charge in [0.15, 0.2) is 5.84 Å². The number of anilines is 1. The summed E-state index contributed by atoms with van der Waals surface area (Å²) < 4.78 is 28.0. The lowest BCUT2D eigenvalue weighted by atomic mass is 10.1. The van der Waals surface area contributed by atoms with Crippen molar-refractivity contribution in [3.8, 4) is 0 Å². The average Bonchev–Trinajstić information content (AvgIpc) is 3.25. The first-order valence-corrected chi connectivity index (χ1v) is 10.3. The highest BCUT2D eigenvalue weighted by atomic mass is 32.2. The molecule has 0 bridgehead atoms. The molecule has 8 heteroatoms. The Bertz CT molecular complexity index is 1020. The van der Waals surface area contributed by atoms with Gasteiger partial charge in [-0.25, -0.2) is 0 Å². The van der Waals surface area contributed by atoms with E-state index in [1.807, 2.05) is 4.90 Å². The Morgan fingerprint density at radius 1 is 1.19 bits per heavy atom. The standard InChI is InChI=1S/C19H20N4O3S/c20-12-15-4-3-11-23(15)19(24)13-7-9-14(10-8-13)21-18-16-5-1-2-6-17(16)27(25,26)22-18/h1-2,5-10,15H,3-4,11-12,20H2,(H,21,22). The predicted molar refractivity (Wildman–Crippen MR) is 103 cm³/mol. The molecule has 2 heterocycles. The van der Waals surface area contributed by atoms with Crippen LogP contribution in [0, 0.1) is 0 Å². The number of carbonyl (C=O) groups excluding carboxylic acids is 1. The number of amidine groups is 1. The van der Waals surface area contributed by atoms with Crippen molar-refractivity contribution in [3.05, 3.63) is 59.7 Å². The molecule has 2 aliphatic rings. The average molecular weight is 384 g/mol. The minimum Gasteiger partial charge on any atom is -0.339 e. The Morgan fingerprint density at radius 2 is 1.93 bits per heavy atom. The summed E-state index contributed by atoms with van der Waals surface area (Å²) in [5, 5.41) is 3.03. The molecule has 0 spiro atoms. The number of benzene rings is 2. The van der Waals surface area contributed by atoms with Crippen molar-refractivity contribution in [1.29, 1.82) is 0 Å². The highest BCUT2D eigenvalue weighted by Crippen LogP contribution is 2.27. The van der Waals surface area contributed by atoms with Gasteiger partial charge in [-0.3, -0.25) is 4.79 Å². The normalized spacial score (nSPS) is 20.3. The van der Waals surface area contributed by atoms with Gasteiger partial charge in [0.05, 0.1) is 0 Å². The quantitative estimate of drug-likeness (QED) is 0.840. The third-order valence-corrected chi connectivity index (χ3v) is 6.27. The molecule has 1 atom stereocenters. The highest BCUT2D eigenvalue weighted by molar-refractivity contribution is 7.90. The number of nitrogens with zero attached hydrogens (tertiary/aromatic N) is 2. The maximum atomic E-state index is 12.7. The maximum absolute atomic E-state index is 12.7. The van der Waals surface area contributed by atoms with Crippen LogP contribution in [0.2, 0.25) is 0 Å². The molecule has 1 unspecified atom stereocenters. The van der Waals surface area contributed by atoms with Crippen molar-refractivity contribution in [2.45, 2.75) is 23.8 Å². The largest absolute Gasteiger partial charge is 0.339 e. The van der Waals surface area contributed by atoms with E-state index in [1.54, 1.807) is 42.5 Å². The van der Waals surface area contributed by atoms with Gasteiger partial charge in [0.2, 0.25) is 0 Å². The van der Waals surface area contributed by atoms with Gasteiger partial charge in [0.25, 0.3) is 15.9 Å². The zero-order valence-electron chi connectivity index (χ0n) is 14.6. The first kappa shape index (κ1) is 17.7. The molecule has 1 saturated heterocycles. The summed E-state index contributed by atoms with van der Waals surface area (Å²) in [6.07, 6.45) is 1.91. The molecule has 0 aromatic heterocycles. The predicted octanol–water partition coefficient (Wildman–Crippen LogP) is 1.81. The van der Waals surface area contributed by atoms with Gasteiger partial charge < -0.3 is 16.0 Å². The van der Waals surface area contributed by atoms with Crippen molar-refractivity contribution in [1.82, 2.24) is 4.90 Å². The fourth-order valence-corrected chi connectivity index (χ4v) is 4.72. The van der Waals surface area contributed by atoms with Crippen molar-refractivity contribution in [2.24, 2.45) is 10.1 Å². The molecule has 0 aliphatic carbocycles. The first-order chi connectivity index (χ1) is 13.0. The molecule has 2 aromatic carbocycles. The second kappa shape index (κ2) is 6.79. The van der Waals surface area contributed by atoms with E-state index < -0.39 is 10.0 Å². The van der Waals surface area contributed by atoms with E-state index in [0.717, 1.165) is 19.4 Å². The smallest absolute Gasteiger partial charge is 0.285 e. The third-order valence-electron chi connectivity index (χ3n) is 4.94. The molecule has 7 nitrogen and oxygen atoms in total. The molecular formula is C19H20N4O3S. The van der Waals surface area contributed by atoms with Crippen LogP contribution in [0.1, 0.15) is 28.8 Å². The lowest BCUT2D eigenvalue weighted by Gasteiger charge is -2.23. The zero-order chi connectivity index (χ0) is 19.0. The number of amides is 1. The van der Waals surface area contributed by atoms with Crippen LogP contribution < -0.4 is 11.1 Å². The van der Waals surface area contributed by atoms with Gasteiger partial charge in [-0.15, -0.1) is 4.40 Å². The summed E-state index contributed by atoms with van der Waals surface area (Å²) in [4.78, 5) is 14.7. The van der Waals surface area contributed by atoms with Gasteiger partial charge in [-0.2, -0.15) is 8.42 Å². The van der Waals surface area contributed by atoms with Crippen LogP contribution in [0.5, 0.6) is 0 Å². The van der Waals surface area contributed by atoms with Gasteiger partial charge in [-0.1, -0.05) is 12.1 Å². The second-order valence-corrected chi connectivity index (χ2v) is 8.22. The second-order valence-electron chi connectivity index (χ2n) is 6.64. The number of rotatable bonds is 3.